The van der Waals surface area contributed by atoms with Crippen molar-refractivity contribution in [2.24, 2.45) is 5.92 Å². The van der Waals surface area contributed by atoms with E-state index in [0.717, 1.165) is 38.6 Å². The van der Waals surface area contributed by atoms with E-state index in [2.05, 4.69) is 29.2 Å². The van der Waals surface area contributed by atoms with Gasteiger partial charge in [-0.3, -0.25) is 4.79 Å². The molecule has 2 atom stereocenters. The summed E-state index contributed by atoms with van der Waals surface area (Å²) in [6, 6.07) is 25.0. The van der Waals surface area contributed by atoms with Gasteiger partial charge in [0.1, 0.15) is 5.78 Å². The van der Waals surface area contributed by atoms with Crippen molar-refractivity contribution in [3.05, 3.63) is 119 Å². The number of aromatic hydroxyl groups is 2. The zero-order chi connectivity index (χ0) is 31.1. The number of H-pyrrole nitrogens is 1. The zero-order valence-electron chi connectivity index (χ0n) is 25.1. The van der Waals surface area contributed by atoms with E-state index in [1.54, 1.807) is 31.4 Å². The molecule has 0 saturated carbocycles. The Balaban J connectivity index is 1.38. The van der Waals surface area contributed by atoms with Gasteiger partial charge in [-0.15, -0.1) is 0 Å². The third-order valence-corrected chi connectivity index (χ3v) is 8.35. The molecule has 0 aliphatic heterocycles. The quantitative estimate of drug-likeness (QED) is 0.116. The molecule has 0 aliphatic carbocycles. The molecular weight excluding hydrogens is 554 g/mol. The Morgan fingerprint density at radius 2 is 1.64 bits per heavy atom. The van der Waals surface area contributed by atoms with Crippen molar-refractivity contribution in [2.45, 2.75) is 44.6 Å². The number of aromatic nitrogens is 1. The number of aromatic amines is 1. The second-order valence-electron chi connectivity index (χ2n) is 11.3. The Labute approximate surface area is 257 Å². The zero-order valence-corrected chi connectivity index (χ0v) is 25.1. The van der Waals surface area contributed by atoms with Crippen LogP contribution in [0.1, 0.15) is 40.7 Å². The molecule has 5 aromatic rings. The standard InChI is InChI=1S/C37H39NO6/c1-43-36-19-24(11-14-33(36)40)10-13-30(39)22-35(42)29(18-25-16-17-38-23-25)20-28-12-15-34(41)37(44-2)32(28)21-27-8-5-7-26-6-3-4-9-31(26)27/h3-9,11-12,14-17,19,23,29,35,38,40-42H,10,13,18,20-22H2,1-2H3. The molecule has 0 bridgehead atoms. The molecule has 4 aromatic carbocycles. The van der Waals surface area contributed by atoms with Gasteiger partial charge in [-0.25, -0.2) is 0 Å². The fourth-order valence-electron chi connectivity index (χ4n) is 5.98. The third kappa shape index (κ3) is 7.24. The summed E-state index contributed by atoms with van der Waals surface area (Å²) in [5, 5.41) is 34.4. The van der Waals surface area contributed by atoms with Crippen LogP contribution in [0.15, 0.2) is 91.3 Å². The molecule has 4 N–H and O–H groups in total. The van der Waals surface area contributed by atoms with Gasteiger partial charge in [0, 0.05) is 37.2 Å². The van der Waals surface area contributed by atoms with Gasteiger partial charge in [0.05, 0.1) is 20.3 Å². The number of aliphatic hydroxyl groups is 1. The van der Waals surface area contributed by atoms with E-state index in [1.165, 1.54) is 7.11 Å². The number of phenols is 2. The van der Waals surface area contributed by atoms with Crippen molar-refractivity contribution in [1.29, 1.82) is 0 Å². The molecule has 0 aliphatic rings. The number of aryl methyl sites for hydroxylation is 1. The first-order valence-electron chi connectivity index (χ1n) is 14.9. The Hall–Kier alpha value is -4.75. The maximum atomic E-state index is 13.1. The number of ketones is 1. The van der Waals surface area contributed by atoms with Crippen molar-refractivity contribution in [2.75, 3.05) is 14.2 Å². The fourth-order valence-corrected chi connectivity index (χ4v) is 5.98. The van der Waals surface area contributed by atoms with E-state index in [9.17, 15) is 20.1 Å². The highest BCUT2D eigenvalue weighted by atomic mass is 16.5. The number of aliphatic hydroxyl groups excluding tert-OH is 1. The number of carbonyl (C=O) groups excluding carboxylic acids is 1. The number of rotatable bonds is 14. The first kappa shape index (κ1) is 30.7. The number of Topliss-reactive ketones (excluding diaryl/α,β-unsaturated/α-hetero) is 1. The number of fused-ring (bicyclic) bond motifs is 1. The van der Waals surface area contributed by atoms with Crippen molar-refractivity contribution in [3.63, 3.8) is 0 Å². The normalized spacial score (nSPS) is 12.6. The average molecular weight is 594 g/mol. The average Bonchev–Trinajstić information content (AvgIpc) is 3.55. The predicted octanol–water partition coefficient (Wildman–Crippen LogP) is 6.54. The van der Waals surface area contributed by atoms with Crippen LogP contribution in [0.5, 0.6) is 23.0 Å². The number of hydrogen-bond acceptors (Lipinski definition) is 6. The summed E-state index contributed by atoms with van der Waals surface area (Å²) < 4.78 is 10.9. The number of methoxy groups -OCH3 is 2. The Morgan fingerprint density at radius 3 is 2.41 bits per heavy atom. The predicted molar refractivity (Wildman–Crippen MR) is 172 cm³/mol. The van der Waals surface area contributed by atoms with Crippen molar-refractivity contribution >= 4 is 16.6 Å². The van der Waals surface area contributed by atoms with Gasteiger partial charge in [0.25, 0.3) is 0 Å². The molecule has 5 rings (SSSR count). The minimum atomic E-state index is -0.878. The van der Waals surface area contributed by atoms with Crippen LogP contribution >= 0.6 is 0 Å². The molecule has 2 unspecified atom stereocenters. The van der Waals surface area contributed by atoms with Crippen molar-refractivity contribution in [3.8, 4) is 23.0 Å². The van der Waals surface area contributed by atoms with Gasteiger partial charge in [0.2, 0.25) is 0 Å². The Bertz CT molecular complexity index is 1710. The van der Waals surface area contributed by atoms with Crippen molar-refractivity contribution in [1.82, 2.24) is 4.98 Å². The minimum absolute atomic E-state index is 0.0260. The molecule has 0 amide bonds. The second kappa shape index (κ2) is 14.1. The third-order valence-electron chi connectivity index (χ3n) is 8.35. The van der Waals surface area contributed by atoms with Gasteiger partial charge < -0.3 is 29.8 Å². The molecule has 7 heteroatoms. The molecule has 0 fully saturated rings. The van der Waals surface area contributed by atoms with Gasteiger partial charge in [0.15, 0.2) is 23.0 Å². The molecule has 1 aromatic heterocycles. The first-order valence-corrected chi connectivity index (χ1v) is 14.9. The molecular formula is C37H39NO6. The van der Waals surface area contributed by atoms with Crippen LogP contribution in [0.2, 0.25) is 0 Å². The molecule has 7 nitrogen and oxygen atoms in total. The Kier molecular flexibility index (Phi) is 9.87. The maximum Gasteiger partial charge on any atom is 0.164 e. The summed E-state index contributed by atoms with van der Waals surface area (Å²) in [4.78, 5) is 16.2. The highest BCUT2D eigenvalue weighted by Crippen LogP contribution is 2.37. The number of carbonyl (C=O) groups is 1. The maximum absolute atomic E-state index is 13.1. The lowest BCUT2D eigenvalue weighted by atomic mass is 9.83. The van der Waals surface area contributed by atoms with Crippen LogP contribution in [0.4, 0.5) is 0 Å². The molecule has 0 saturated heterocycles. The number of hydrogen-bond donors (Lipinski definition) is 4. The van der Waals surface area contributed by atoms with Crippen LogP contribution in [0, 0.1) is 5.92 Å². The fraction of sp³-hybridized carbons (Fsp3) is 0.270. The topological polar surface area (TPSA) is 112 Å². The summed E-state index contributed by atoms with van der Waals surface area (Å²) in [7, 11) is 3.04. The molecule has 228 valence electrons. The summed E-state index contributed by atoms with van der Waals surface area (Å²) in [5.74, 6) is 0.606. The van der Waals surface area contributed by atoms with Crippen LogP contribution in [0.3, 0.4) is 0 Å². The molecule has 44 heavy (non-hydrogen) atoms. The smallest absolute Gasteiger partial charge is 0.164 e. The van der Waals surface area contributed by atoms with Crippen LogP contribution in [-0.4, -0.2) is 46.4 Å². The van der Waals surface area contributed by atoms with Gasteiger partial charge in [-0.2, -0.15) is 0 Å². The number of benzene rings is 4. The highest BCUT2D eigenvalue weighted by Gasteiger charge is 2.26. The van der Waals surface area contributed by atoms with E-state index in [0.29, 0.717) is 37.2 Å². The monoisotopic (exact) mass is 593 g/mol. The lowest BCUT2D eigenvalue weighted by molar-refractivity contribution is -0.121. The number of phenolic OH excluding ortho intramolecular Hbond substituents is 2. The van der Waals surface area contributed by atoms with Crippen LogP contribution < -0.4 is 9.47 Å². The van der Waals surface area contributed by atoms with Crippen molar-refractivity contribution < 1.29 is 29.6 Å². The van der Waals surface area contributed by atoms with E-state index < -0.39 is 6.10 Å². The van der Waals surface area contributed by atoms with E-state index in [-0.39, 0.29) is 36.0 Å². The van der Waals surface area contributed by atoms with Crippen LogP contribution in [-0.2, 0) is 30.5 Å². The highest BCUT2D eigenvalue weighted by molar-refractivity contribution is 5.86. The van der Waals surface area contributed by atoms with E-state index in [4.69, 9.17) is 9.47 Å². The minimum Gasteiger partial charge on any atom is -0.504 e. The lowest BCUT2D eigenvalue weighted by Crippen LogP contribution is -2.28. The van der Waals surface area contributed by atoms with Gasteiger partial charge >= 0.3 is 0 Å². The van der Waals surface area contributed by atoms with Gasteiger partial charge in [-0.05, 0) is 82.5 Å². The summed E-state index contributed by atoms with van der Waals surface area (Å²) in [6.45, 7) is 0. The van der Waals surface area contributed by atoms with Gasteiger partial charge in [-0.1, -0.05) is 54.6 Å². The number of ether oxygens (including phenoxy) is 2. The molecule has 0 radical (unpaired) electrons. The SMILES string of the molecule is COc1cc(CCC(=O)CC(O)C(Cc2cc[nH]c2)Cc2ccc(O)c(OC)c2Cc2cccc3ccccc23)ccc1O. The summed E-state index contributed by atoms with van der Waals surface area (Å²) in [6.07, 6.45) is 5.26. The largest absolute Gasteiger partial charge is 0.504 e. The second-order valence-corrected chi connectivity index (χ2v) is 11.3. The van der Waals surface area contributed by atoms with E-state index in [1.807, 2.05) is 42.7 Å². The Morgan fingerprint density at radius 1 is 0.841 bits per heavy atom. The molecule has 1 heterocycles. The first-order chi connectivity index (χ1) is 21.4. The van der Waals surface area contributed by atoms with E-state index >= 15 is 0 Å². The summed E-state index contributed by atoms with van der Waals surface area (Å²) >= 11 is 0. The number of nitrogens with one attached hydrogen (secondary N) is 1. The lowest BCUT2D eigenvalue weighted by Gasteiger charge is -2.25. The summed E-state index contributed by atoms with van der Waals surface area (Å²) in [5.41, 5.74) is 4.84. The van der Waals surface area contributed by atoms with Crippen LogP contribution in [0.25, 0.3) is 10.8 Å². The molecule has 0 spiro atoms.